The summed E-state index contributed by atoms with van der Waals surface area (Å²) in [6, 6.07) is 6.66. The summed E-state index contributed by atoms with van der Waals surface area (Å²) in [6.45, 7) is 2.79. The molecule has 94 valence electrons. The fourth-order valence-electron chi connectivity index (χ4n) is 1.86. The number of hydrogen-bond donors (Lipinski definition) is 1. The highest BCUT2D eigenvalue weighted by atomic mass is 19.1. The molecule has 0 atom stereocenters. The van der Waals surface area contributed by atoms with Crippen molar-refractivity contribution < 1.29 is 13.9 Å². The molecular weight excluding hydrogens is 221 g/mol. The number of para-hydroxylation sites is 1. The molecule has 0 unspecified atom stereocenters. The maximum Gasteiger partial charge on any atom is 0.146 e. The second-order valence-electron chi connectivity index (χ2n) is 4.09. The highest BCUT2D eigenvalue weighted by Gasteiger charge is 2.13. The third-order valence-electron chi connectivity index (χ3n) is 2.81. The van der Waals surface area contributed by atoms with E-state index in [1.54, 1.807) is 12.1 Å². The smallest absolute Gasteiger partial charge is 0.146 e. The lowest BCUT2D eigenvalue weighted by Crippen LogP contribution is -2.25. The van der Waals surface area contributed by atoms with Crippen molar-refractivity contribution >= 4 is 5.69 Å². The van der Waals surface area contributed by atoms with E-state index >= 15 is 0 Å². The van der Waals surface area contributed by atoms with Gasteiger partial charge in [0, 0.05) is 19.8 Å². The first-order valence-electron chi connectivity index (χ1n) is 6.04. The Kier molecular flexibility index (Phi) is 4.76. The molecule has 1 N–H and O–H groups in total. The van der Waals surface area contributed by atoms with E-state index in [1.807, 2.05) is 6.07 Å². The van der Waals surface area contributed by atoms with Crippen molar-refractivity contribution in [3.05, 3.63) is 30.1 Å². The van der Waals surface area contributed by atoms with Crippen molar-refractivity contribution in [1.29, 1.82) is 0 Å². The molecule has 17 heavy (non-hydrogen) atoms. The predicted molar refractivity (Wildman–Crippen MR) is 64.7 cm³/mol. The fourth-order valence-corrected chi connectivity index (χ4v) is 1.86. The zero-order valence-electron chi connectivity index (χ0n) is 9.82. The Labute approximate surface area is 101 Å². The molecule has 1 aliphatic heterocycles. The highest BCUT2D eigenvalue weighted by Crippen LogP contribution is 2.13. The first-order valence-corrected chi connectivity index (χ1v) is 6.04. The number of ether oxygens (including phenoxy) is 2. The zero-order valence-corrected chi connectivity index (χ0v) is 9.82. The van der Waals surface area contributed by atoms with Gasteiger partial charge in [0.05, 0.1) is 18.4 Å². The van der Waals surface area contributed by atoms with Gasteiger partial charge < -0.3 is 14.8 Å². The maximum atomic E-state index is 13.3. The van der Waals surface area contributed by atoms with Crippen LogP contribution in [-0.4, -0.2) is 32.5 Å². The van der Waals surface area contributed by atoms with Crippen molar-refractivity contribution in [3.8, 4) is 0 Å². The Morgan fingerprint density at radius 2 is 2.06 bits per heavy atom. The van der Waals surface area contributed by atoms with Crippen molar-refractivity contribution in [1.82, 2.24) is 0 Å². The van der Waals surface area contributed by atoms with E-state index in [-0.39, 0.29) is 5.82 Å². The largest absolute Gasteiger partial charge is 0.381 e. The molecule has 4 heteroatoms. The summed E-state index contributed by atoms with van der Waals surface area (Å²) in [4.78, 5) is 0. The Balaban J connectivity index is 1.64. The summed E-state index contributed by atoms with van der Waals surface area (Å²) < 4.78 is 24.2. The molecule has 0 saturated carbocycles. The minimum Gasteiger partial charge on any atom is -0.381 e. The van der Waals surface area contributed by atoms with Gasteiger partial charge in [-0.15, -0.1) is 0 Å². The topological polar surface area (TPSA) is 30.5 Å². The van der Waals surface area contributed by atoms with Crippen LogP contribution in [0.4, 0.5) is 10.1 Å². The van der Waals surface area contributed by atoms with E-state index in [4.69, 9.17) is 9.47 Å². The number of hydrogen-bond acceptors (Lipinski definition) is 3. The average Bonchev–Trinajstić information content (AvgIpc) is 2.38. The Morgan fingerprint density at radius 3 is 2.82 bits per heavy atom. The number of rotatable bonds is 5. The molecule has 1 saturated heterocycles. The summed E-state index contributed by atoms with van der Waals surface area (Å²) >= 11 is 0. The Hall–Kier alpha value is -1.13. The minimum atomic E-state index is -0.224. The van der Waals surface area contributed by atoms with Crippen molar-refractivity contribution in [2.45, 2.75) is 18.9 Å². The fraction of sp³-hybridized carbons (Fsp3) is 0.538. The number of benzene rings is 1. The van der Waals surface area contributed by atoms with Gasteiger partial charge in [0.15, 0.2) is 0 Å². The standard InChI is InChI=1S/C13H18FNO2/c14-12-3-1-2-4-13(12)15-7-10-17-11-5-8-16-9-6-11/h1-4,11,15H,5-10H2. The molecule has 3 nitrogen and oxygen atoms in total. The SMILES string of the molecule is Fc1ccccc1NCCOC1CCOCC1. The normalized spacial score (nSPS) is 17.0. The first-order chi connectivity index (χ1) is 8.36. The minimum absolute atomic E-state index is 0.224. The molecule has 0 aromatic heterocycles. The molecule has 1 aromatic carbocycles. The second kappa shape index (κ2) is 6.57. The third kappa shape index (κ3) is 3.98. The number of nitrogens with one attached hydrogen (secondary N) is 1. The summed E-state index contributed by atoms with van der Waals surface area (Å²) in [5, 5.41) is 3.02. The van der Waals surface area contributed by atoms with E-state index in [9.17, 15) is 4.39 Å². The lowest BCUT2D eigenvalue weighted by atomic mass is 10.2. The van der Waals surface area contributed by atoms with Gasteiger partial charge in [-0.2, -0.15) is 0 Å². The summed E-state index contributed by atoms with van der Waals surface area (Å²) in [7, 11) is 0. The van der Waals surface area contributed by atoms with Crippen LogP contribution in [0.2, 0.25) is 0 Å². The van der Waals surface area contributed by atoms with Crippen LogP contribution in [0.1, 0.15) is 12.8 Å². The zero-order chi connectivity index (χ0) is 11.9. The lowest BCUT2D eigenvalue weighted by Gasteiger charge is -2.22. The average molecular weight is 239 g/mol. The lowest BCUT2D eigenvalue weighted by molar-refractivity contribution is -0.0283. The molecule has 0 aliphatic carbocycles. The van der Waals surface area contributed by atoms with Crippen LogP contribution in [0, 0.1) is 5.82 Å². The molecule has 0 bridgehead atoms. The summed E-state index contributed by atoms with van der Waals surface area (Å²) in [5.74, 6) is -0.224. The Morgan fingerprint density at radius 1 is 1.29 bits per heavy atom. The molecule has 1 aliphatic rings. The van der Waals surface area contributed by atoms with E-state index in [0.717, 1.165) is 26.1 Å². The van der Waals surface area contributed by atoms with Gasteiger partial charge in [0.25, 0.3) is 0 Å². The summed E-state index contributed by atoms with van der Waals surface area (Å²) in [6.07, 6.45) is 2.21. The van der Waals surface area contributed by atoms with Crippen LogP contribution in [0.5, 0.6) is 0 Å². The van der Waals surface area contributed by atoms with E-state index < -0.39 is 0 Å². The maximum absolute atomic E-state index is 13.3. The number of anilines is 1. The van der Waals surface area contributed by atoms with Crippen molar-refractivity contribution in [2.75, 3.05) is 31.7 Å². The monoisotopic (exact) mass is 239 g/mol. The molecule has 1 aromatic rings. The second-order valence-corrected chi connectivity index (χ2v) is 4.09. The van der Waals surface area contributed by atoms with Crippen LogP contribution in [0.25, 0.3) is 0 Å². The van der Waals surface area contributed by atoms with E-state index in [2.05, 4.69) is 5.32 Å². The molecule has 1 fully saturated rings. The van der Waals surface area contributed by atoms with Crippen LogP contribution in [0.15, 0.2) is 24.3 Å². The third-order valence-corrected chi connectivity index (χ3v) is 2.81. The van der Waals surface area contributed by atoms with Gasteiger partial charge in [0.2, 0.25) is 0 Å². The van der Waals surface area contributed by atoms with Gasteiger partial charge in [-0.05, 0) is 25.0 Å². The van der Waals surface area contributed by atoms with Crippen LogP contribution < -0.4 is 5.32 Å². The molecule has 2 rings (SSSR count). The Bertz CT molecular complexity index is 340. The molecule has 0 amide bonds. The molecule has 0 radical (unpaired) electrons. The van der Waals surface area contributed by atoms with E-state index in [1.165, 1.54) is 6.07 Å². The first kappa shape index (κ1) is 12.3. The molecular formula is C13H18FNO2. The van der Waals surface area contributed by atoms with Crippen LogP contribution in [-0.2, 0) is 9.47 Å². The van der Waals surface area contributed by atoms with Gasteiger partial charge >= 0.3 is 0 Å². The van der Waals surface area contributed by atoms with Gasteiger partial charge in [-0.1, -0.05) is 12.1 Å². The van der Waals surface area contributed by atoms with Gasteiger partial charge in [-0.3, -0.25) is 0 Å². The molecule has 1 heterocycles. The highest BCUT2D eigenvalue weighted by molar-refractivity contribution is 5.44. The number of halogens is 1. The van der Waals surface area contributed by atoms with E-state index in [0.29, 0.717) is 24.9 Å². The van der Waals surface area contributed by atoms with Gasteiger partial charge in [0.1, 0.15) is 5.82 Å². The predicted octanol–water partition coefficient (Wildman–Crippen LogP) is 2.43. The van der Waals surface area contributed by atoms with Gasteiger partial charge in [-0.25, -0.2) is 4.39 Å². The van der Waals surface area contributed by atoms with Crippen molar-refractivity contribution in [2.24, 2.45) is 0 Å². The molecule has 0 spiro atoms. The van der Waals surface area contributed by atoms with Crippen LogP contribution in [0.3, 0.4) is 0 Å². The summed E-state index contributed by atoms with van der Waals surface area (Å²) in [5.41, 5.74) is 0.531. The quantitative estimate of drug-likeness (QED) is 0.800. The van der Waals surface area contributed by atoms with Crippen LogP contribution >= 0.6 is 0 Å². The van der Waals surface area contributed by atoms with Crippen molar-refractivity contribution in [3.63, 3.8) is 0 Å².